The van der Waals surface area contributed by atoms with E-state index in [2.05, 4.69) is 37.3 Å². The Morgan fingerprint density at radius 3 is 2.43 bits per heavy atom. The third-order valence-electron chi connectivity index (χ3n) is 4.16. The number of rotatable bonds is 4. The van der Waals surface area contributed by atoms with E-state index in [4.69, 9.17) is 10.00 Å². The van der Waals surface area contributed by atoms with Crippen molar-refractivity contribution in [2.45, 2.75) is 32.8 Å². The predicted octanol–water partition coefficient (Wildman–Crippen LogP) is 4.79. The molecule has 28 heavy (non-hydrogen) atoms. The molecule has 0 saturated heterocycles. The fraction of sp³-hybridized carbons (Fsp3) is 0.227. The monoisotopic (exact) mass is 374 g/mol. The first-order chi connectivity index (χ1) is 13.4. The average Bonchev–Trinajstić information content (AvgIpc) is 3.11. The summed E-state index contributed by atoms with van der Waals surface area (Å²) >= 11 is 0. The van der Waals surface area contributed by atoms with Crippen LogP contribution >= 0.6 is 0 Å². The molecular weight excluding hydrogens is 352 g/mol. The van der Waals surface area contributed by atoms with Gasteiger partial charge >= 0.3 is 6.09 Å². The smallest absolute Gasteiger partial charge is 0.413 e. The Labute approximate surface area is 164 Å². The van der Waals surface area contributed by atoms with Crippen molar-refractivity contribution in [1.29, 1.82) is 5.26 Å². The largest absolute Gasteiger partial charge is 0.444 e. The van der Waals surface area contributed by atoms with Crippen molar-refractivity contribution >= 4 is 11.9 Å². The molecule has 3 aromatic rings. The van der Waals surface area contributed by atoms with E-state index in [1.807, 2.05) is 36.4 Å². The average molecular weight is 374 g/mol. The van der Waals surface area contributed by atoms with Crippen LogP contribution in [0.3, 0.4) is 0 Å². The number of aromatic nitrogens is 2. The summed E-state index contributed by atoms with van der Waals surface area (Å²) in [7, 11) is 0. The molecule has 6 nitrogen and oxygen atoms in total. The Kier molecular flexibility index (Phi) is 5.46. The lowest BCUT2D eigenvalue weighted by molar-refractivity contribution is 0.155. The van der Waals surface area contributed by atoms with E-state index in [-0.39, 0.29) is 12.0 Å². The molecule has 1 amide bonds. The van der Waals surface area contributed by atoms with Gasteiger partial charge in [0.25, 0.3) is 0 Å². The Morgan fingerprint density at radius 1 is 1.14 bits per heavy atom. The molecule has 2 aromatic carbocycles. The summed E-state index contributed by atoms with van der Waals surface area (Å²) in [6.45, 7) is 6.34. The van der Waals surface area contributed by atoms with Crippen molar-refractivity contribution in [3.63, 3.8) is 0 Å². The lowest BCUT2D eigenvalue weighted by Gasteiger charge is -2.14. The third kappa shape index (κ3) is 4.57. The molecule has 0 aliphatic rings. The maximum Gasteiger partial charge on any atom is 0.413 e. The molecule has 142 valence electrons. The number of nitrogens with one attached hydrogen (secondary N) is 1. The van der Waals surface area contributed by atoms with E-state index in [0.29, 0.717) is 11.4 Å². The molecule has 1 aromatic heterocycles. The van der Waals surface area contributed by atoms with Gasteiger partial charge in [0.05, 0.1) is 23.0 Å². The summed E-state index contributed by atoms with van der Waals surface area (Å²) in [4.78, 5) is 12.3. The van der Waals surface area contributed by atoms with Gasteiger partial charge in [-0.15, -0.1) is 0 Å². The zero-order valence-corrected chi connectivity index (χ0v) is 16.1. The van der Waals surface area contributed by atoms with Crippen molar-refractivity contribution in [1.82, 2.24) is 9.78 Å². The molecule has 6 heteroatoms. The van der Waals surface area contributed by atoms with Crippen molar-refractivity contribution in [3.05, 3.63) is 77.5 Å². The van der Waals surface area contributed by atoms with Gasteiger partial charge in [-0.2, -0.15) is 10.4 Å². The molecule has 0 unspecified atom stereocenters. The van der Waals surface area contributed by atoms with Gasteiger partial charge in [-0.05, 0) is 29.8 Å². The van der Waals surface area contributed by atoms with Crippen molar-refractivity contribution in [2.24, 2.45) is 0 Å². The van der Waals surface area contributed by atoms with Gasteiger partial charge in [-0.3, -0.25) is 5.32 Å². The number of nitrogens with zero attached hydrogens (tertiary/aromatic N) is 3. The Morgan fingerprint density at radius 2 is 1.82 bits per heavy atom. The highest BCUT2D eigenvalue weighted by molar-refractivity contribution is 5.84. The minimum absolute atomic E-state index is 0.184. The lowest BCUT2D eigenvalue weighted by Crippen LogP contribution is -2.16. The zero-order chi connectivity index (χ0) is 20.1. The van der Waals surface area contributed by atoms with Crippen LogP contribution in [0.5, 0.6) is 0 Å². The van der Waals surface area contributed by atoms with Crippen LogP contribution in [0, 0.1) is 11.3 Å². The second-order valence-electron chi connectivity index (χ2n) is 7.42. The second kappa shape index (κ2) is 7.97. The van der Waals surface area contributed by atoms with Crippen LogP contribution in [0.1, 0.15) is 37.6 Å². The third-order valence-corrected chi connectivity index (χ3v) is 4.16. The van der Waals surface area contributed by atoms with Gasteiger partial charge in [0.1, 0.15) is 12.4 Å². The number of ether oxygens (including phenoxy) is 1. The number of amides is 1. The number of hydrogen-bond donors (Lipinski definition) is 1. The summed E-state index contributed by atoms with van der Waals surface area (Å²) in [6, 6.07) is 20.4. The van der Waals surface area contributed by atoms with E-state index < -0.39 is 6.09 Å². The molecular formula is C22H22N4O2. The molecule has 0 aliphatic heterocycles. The Hall–Kier alpha value is -3.59. The van der Waals surface area contributed by atoms with Crippen LogP contribution in [-0.4, -0.2) is 15.9 Å². The van der Waals surface area contributed by atoms with Gasteiger partial charge < -0.3 is 4.74 Å². The molecule has 1 N–H and O–H groups in total. The number of nitriles is 1. The Balaban J connectivity index is 1.83. The fourth-order valence-corrected chi connectivity index (χ4v) is 2.57. The van der Waals surface area contributed by atoms with E-state index >= 15 is 0 Å². The summed E-state index contributed by atoms with van der Waals surface area (Å²) in [6.07, 6.45) is -0.556. The van der Waals surface area contributed by atoms with E-state index in [1.54, 1.807) is 28.9 Å². The van der Waals surface area contributed by atoms with Gasteiger partial charge in [0, 0.05) is 11.5 Å². The minimum atomic E-state index is -0.556. The Bertz CT molecular complexity index is 994. The van der Waals surface area contributed by atoms with Crippen LogP contribution in [0.15, 0.2) is 60.7 Å². The molecule has 0 fully saturated rings. The van der Waals surface area contributed by atoms with Crippen LogP contribution in [-0.2, 0) is 16.8 Å². The van der Waals surface area contributed by atoms with E-state index in [1.165, 1.54) is 0 Å². The van der Waals surface area contributed by atoms with Gasteiger partial charge in [0.15, 0.2) is 0 Å². The number of carbonyl (C=O) groups excluding carboxylic acids is 1. The fourth-order valence-electron chi connectivity index (χ4n) is 2.57. The molecule has 0 saturated carbocycles. The van der Waals surface area contributed by atoms with Crippen LogP contribution < -0.4 is 5.32 Å². The van der Waals surface area contributed by atoms with Crippen molar-refractivity contribution in [3.8, 4) is 11.8 Å². The molecule has 0 spiro atoms. The first-order valence-electron chi connectivity index (χ1n) is 8.95. The molecule has 0 aliphatic carbocycles. The van der Waals surface area contributed by atoms with Crippen molar-refractivity contribution in [2.75, 3.05) is 5.32 Å². The molecule has 1 heterocycles. The van der Waals surface area contributed by atoms with Crippen molar-refractivity contribution < 1.29 is 9.53 Å². The van der Waals surface area contributed by atoms with Crippen LogP contribution in [0.2, 0.25) is 0 Å². The molecule has 0 bridgehead atoms. The van der Waals surface area contributed by atoms with Crippen LogP contribution in [0.4, 0.5) is 10.6 Å². The van der Waals surface area contributed by atoms with Gasteiger partial charge in [0.2, 0.25) is 0 Å². The first kappa shape index (κ1) is 19.2. The van der Waals surface area contributed by atoms with Crippen LogP contribution in [0.25, 0.3) is 5.69 Å². The standard InChI is InChI=1S/C22H22N4O2/c1-22(2,3)19-13-20(24-21(27)28-15-17-7-5-4-6-8-17)26(25-19)18-11-9-16(14-23)10-12-18/h4-13H,15H2,1-3H3,(H,24,27). The number of benzene rings is 2. The number of anilines is 1. The molecule has 0 atom stereocenters. The zero-order valence-electron chi connectivity index (χ0n) is 16.1. The summed E-state index contributed by atoms with van der Waals surface area (Å²) in [5, 5.41) is 16.4. The highest BCUT2D eigenvalue weighted by atomic mass is 16.5. The first-order valence-corrected chi connectivity index (χ1v) is 8.95. The summed E-state index contributed by atoms with van der Waals surface area (Å²) in [5.41, 5.74) is 2.85. The maximum atomic E-state index is 12.3. The maximum absolute atomic E-state index is 12.3. The van der Waals surface area contributed by atoms with E-state index in [0.717, 1.165) is 16.9 Å². The summed E-state index contributed by atoms with van der Waals surface area (Å²) in [5.74, 6) is 0.507. The lowest BCUT2D eigenvalue weighted by atomic mass is 9.92. The summed E-state index contributed by atoms with van der Waals surface area (Å²) < 4.78 is 6.96. The van der Waals surface area contributed by atoms with E-state index in [9.17, 15) is 4.79 Å². The SMILES string of the molecule is CC(C)(C)c1cc(NC(=O)OCc2ccccc2)n(-c2ccc(C#N)cc2)n1. The van der Waals surface area contributed by atoms with Gasteiger partial charge in [-0.1, -0.05) is 51.1 Å². The predicted molar refractivity (Wildman–Crippen MR) is 107 cm³/mol. The molecule has 0 radical (unpaired) electrons. The topological polar surface area (TPSA) is 79.9 Å². The highest BCUT2D eigenvalue weighted by Gasteiger charge is 2.21. The normalized spacial score (nSPS) is 10.9. The number of carbonyl (C=O) groups is 1. The van der Waals surface area contributed by atoms with Gasteiger partial charge in [-0.25, -0.2) is 9.48 Å². The number of hydrogen-bond acceptors (Lipinski definition) is 4. The quantitative estimate of drug-likeness (QED) is 0.712. The second-order valence-corrected chi connectivity index (χ2v) is 7.42. The molecule has 3 rings (SSSR count). The highest BCUT2D eigenvalue weighted by Crippen LogP contribution is 2.26. The minimum Gasteiger partial charge on any atom is -0.444 e.